The van der Waals surface area contributed by atoms with Gasteiger partial charge in [0.15, 0.2) is 0 Å². The van der Waals surface area contributed by atoms with Crippen LogP contribution in [-0.4, -0.2) is 0 Å². The summed E-state index contributed by atoms with van der Waals surface area (Å²) >= 11 is 0. The third kappa shape index (κ3) is 1.66. The van der Waals surface area contributed by atoms with Gasteiger partial charge >= 0.3 is 0 Å². The maximum Gasteiger partial charge on any atom is 0.135 e. The van der Waals surface area contributed by atoms with Gasteiger partial charge in [0, 0.05) is 11.3 Å². The van der Waals surface area contributed by atoms with Gasteiger partial charge in [-0.3, -0.25) is 0 Å². The fraction of sp³-hybridized carbons (Fsp3) is 0. The predicted molar refractivity (Wildman–Crippen MR) is 49.9 cm³/mol. The van der Waals surface area contributed by atoms with Gasteiger partial charge in [0.2, 0.25) is 0 Å². The summed E-state index contributed by atoms with van der Waals surface area (Å²) in [4.78, 5) is 0. The summed E-state index contributed by atoms with van der Waals surface area (Å²) < 4.78 is 5.10. The highest BCUT2D eigenvalue weighted by molar-refractivity contribution is 5.45. The predicted octanol–water partition coefficient (Wildman–Crippen LogP) is 2.00. The Morgan fingerprint density at radius 1 is 1.33 bits per heavy atom. The van der Waals surface area contributed by atoms with E-state index >= 15 is 0 Å². The molecule has 0 radical (unpaired) electrons. The van der Waals surface area contributed by atoms with Crippen molar-refractivity contribution in [3.63, 3.8) is 0 Å². The lowest BCUT2D eigenvalue weighted by Gasteiger charge is -2.07. The van der Waals surface area contributed by atoms with Crippen LogP contribution in [0.3, 0.4) is 0 Å². The molecule has 0 saturated carbocycles. The van der Waals surface area contributed by atoms with Crippen LogP contribution in [0.25, 0.3) is 0 Å². The maximum atomic E-state index is 5.65. The van der Waals surface area contributed by atoms with Crippen molar-refractivity contribution in [2.24, 2.45) is 5.73 Å². The average molecular weight is 161 g/mol. The second kappa shape index (κ2) is 3.62. The van der Waals surface area contributed by atoms with Crippen molar-refractivity contribution in [3.8, 4) is 0 Å². The molecule has 0 spiro atoms. The Morgan fingerprint density at radius 2 is 2.00 bits per heavy atom. The van der Waals surface area contributed by atoms with Crippen LogP contribution in [0.15, 0.2) is 60.8 Å². The molecule has 1 rings (SSSR count). The summed E-state index contributed by atoms with van der Waals surface area (Å²) in [5.41, 5.74) is 6.94. The van der Waals surface area contributed by atoms with Gasteiger partial charge in [-0.1, -0.05) is 25.3 Å². The van der Waals surface area contributed by atoms with Gasteiger partial charge in [-0.2, -0.15) is 0 Å². The largest absolute Gasteiger partial charge is 0.465 e. The highest BCUT2D eigenvalue weighted by Crippen LogP contribution is 2.17. The molecule has 2 N–H and O–H groups in total. The molecule has 0 heterocycles. The lowest BCUT2D eigenvalue weighted by Crippen LogP contribution is -2.02. The number of rotatable bonds is 2. The van der Waals surface area contributed by atoms with E-state index in [1.54, 1.807) is 12.2 Å². The van der Waals surface area contributed by atoms with Crippen LogP contribution in [0.5, 0.6) is 0 Å². The van der Waals surface area contributed by atoms with E-state index in [0.29, 0.717) is 17.0 Å². The first-order valence-electron chi connectivity index (χ1n) is 3.57. The van der Waals surface area contributed by atoms with E-state index in [-0.39, 0.29) is 0 Å². The van der Waals surface area contributed by atoms with Gasteiger partial charge in [-0.05, 0) is 12.2 Å². The van der Waals surface area contributed by atoms with E-state index in [1.807, 2.05) is 12.2 Å². The molecule has 62 valence electrons. The molecule has 0 atom stereocenters. The monoisotopic (exact) mass is 161 g/mol. The minimum absolute atomic E-state index is 0.608. The Balaban J connectivity index is 2.93. The molecular weight excluding hydrogens is 150 g/mol. The molecule has 0 bridgehead atoms. The van der Waals surface area contributed by atoms with Gasteiger partial charge in [-0.25, -0.2) is 0 Å². The normalized spacial score (nSPS) is 16.2. The highest BCUT2D eigenvalue weighted by Gasteiger charge is 2.05. The Bertz CT molecular complexity index is 295. The highest BCUT2D eigenvalue weighted by atomic mass is 16.5. The molecule has 0 unspecified atom stereocenters. The molecule has 0 saturated heterocycles. The van der Waals surface area contributed by atoms with E-state index in [0.717, 1.165) is 0 Å². The summed E-state index contributed by atoms with van der Waals surface area (Å²) in [5.74, 6) is 0.632. The van der Waals surface area contributed by atoms with Gasteiger partial charge in [0.05, 0.1) is 6.26 Å². The maximum absolute atomic E-state index is 5.65. The number of allylic oxidation sites excluding steroid dienone is 4. The van der Waals surface area contributed by atoms with Crippen LogP contribution >= 0.6 is 0 Å². The van der Waals surface area contributed by atoms with Crippen LogP contribution in [-0.2, 0) is 4.74 Å². The standard InChI is InChI=1S/C10H11NO/c1-3-12-10-7-5-4-6-9(11)8(10)2/h3-7H,1-2,11H2. The topological polar surface area (TPSA) is 35.2 Å². The van der Waals surface area contributed by atoms with Gasteiger partial charge in [-0.15, -0.1) is 0 Å². The van der Waals surface area contributed by atoms with Crippen LogP contribution in [0.4, 0.5) is 0 Å². The Labute approximate surface area is 72.0 Å². The molecule has 12 heavy (non-hydrogen) atoms. The number of ether oxygens (including phenoxy) is 1. The molecule has 2 heteroatoms. The summed E-state index contributed by atoms with van der Waals surface area (Å²) in [6.45, 7) is 7.24. The third-order valence-electron chi connectivity index (χ3n) is 1.49. The van der Waals surface area contributed by atoms with E-state index in [9.17, 15) is 0 Å². The zero-order chi connectivity index (χ0) is 8.97. The van der Waals surface area contributed by atoms with Crippen LogP contribution in [0.1, 0.15) is 0 Å². The zero-order valence-corrected chi connectivity index (χ0v) is 6.79. The van der Waals surface area contributed by atoms with Gasteiger partial charge < -0.3 is 10.5 Å². The summed E-state index contributed by atoms with van der Waals surface area (Å²) in [6.07, 6.45) is 8.59. The molecule has 0 aromatic carbocycles. The van der Waals surface area contributed by atoms with E-state index in [4.69, 9.17) is 10.5 Å². The second-order valence-corrected chi connectivity index (χ2v) is 2.30. The van der Waals surface area contributed by atoms with Crippen molar-refractivity contribution >= 4 is 0 Å². The Kier molecular flexibility index (Phi) is 2.53. The molecule has 0 amide bonds. The molecule has 0 aromatic heterocycles. The molecular formula is C10H11NO. The van der Waals surface area contributed by atoms with Crippen molar-refractivity contribution in [2.75, 3.05) is 0 Å². The lowest BCUT2D eigenvalue weighted by molar-refractivity contribution is 0.364. The lowest BCUT2D eigenvalue weighted by atomic mass is 10.2. The summed E-state index contributed by atoms with van der Waals surface area (Å²) in [5, 5.41) is 0. The quantitative estimate of drug-likeness (QED) is 0.628. The van der Waals surface area contributed by atoms with Crippen molar-refractivity contribution in [2.45, 2.75) is 0 Å². The fourth-order valence-corrected chi connectivity index (χ4v) is 0.846. The van der Waals surface area contributed by atoms with Crippen LogP contribution in [0, 0.1) is 0 Å². The van der Waals surface area contributed by atoms with E-state index in [1.165, 1.54) is 6.26 Å². The SMILES string of the molecule is C=COC1=CC=CC=C(N)C1=C. The number of nitrogens with two attached hydrogens (primary N) is 1. The first kappa shape index (κ1) is 8.40. The summed E-state index contributed by atoms with van der Waals surface area (Å²) in [7, 11) is 0. The average Bonchev–Trinajstić information content (AvgIpc) is 2.20. The number of hydrogen-bond donors (Lipinski definition) is 1. The zero-order valence-electron chi connectivity index (χ0n) is 6.79. The number of hydrogen-bond acceptors (Lipinski definition) is 2. The Morgan fingerprint density at radius 3 is 2.67 bits per heavy atom. The van der Waals surface area contributed by atoms with Crippen molar-refractivity contribution in [1.82, 2.24) is 0 Å². The molecule has 2 nitrogen and oxygen atoms in total. The molecule has 0 aliphatic heterocycles. The molecule has 1 aliphatic carbocycles. The van der Waals surface area contributed by atoms with E-state index in [2.05, 4.69) is 13.2 Å². The third-order valence-corrected chi connectivity index (χ3v) is 1.49. The van der Waals surface area contributed by atoms with Gasteiger partial charge in [0.25, 0.3) is 0 Å². The smallest absolute Gasteiger partial charge is 0.135 e. The summed E-state index contributed by atoms with van der Waals surface area (Å²) in [6, 6.07) is 0. The van der Waals surface area contributed by atoms with Crippen molar-refractivity contribution in [1.29, 1.82) is 0 Å². The van der Waals surface area contributed by atoms with Crippen molar-refractivity contribution < 1.29 is 4.74 Å². The molecule has 1 aliphatic rings. The van der Waals surface area contributed by atoms with Gasteiger partial charge in [0.1, 0.15) is 5.76 Å². The molecule has 0 aromatic rings. The minimum Gasteiger partial charge on any atom is -0.465 e. The van der Waals surface area contributed by atoms with Crippen LogP contribution < -0.4 is 5.73 Å². The Hall–Kier alpha value is -1.70. The second-order valence-electron chi connectivity index (χ2n) is 2.30. The van der Waals surface area contributed by atoms with Crippen molar-refractivity contribution in [3.05, 3.63) is 60.8 Å². The minimum atomic E-state index is 0.608. The van der Waals surface area contributed by atoms with E-state index < -0.39 is 0 Å². The first-order valence-corrected chi connectivity index (χ1v) is 3.57. The van der Waals surface area contributed by atoms with Crippen LogP contribution in [0.2, 0.25) is 0 Å². The molecule has 0 fully saturated rings. The first-order chi connectivity index (χ1) is 5.75. The fourth-order valence-electron chi connectivity index (χ4n) is 0.846.